The highest BCUT2D eigenvalue weighted by molar-refractivity contribution is 7.89. The molecule has 148 valence electrons. The molecule has 0 radical (unpaired) electrons. The van der Waals surface area contributed by atoms with Crippen LogP contribution in [0.5, 0.6) is 0 Å². The van der Waals surface area contributed by atoms with Crippen molar-refractivity contribution in [2.75, 3.05) is 25.0 Å². The lowest BCUT2D eigenvalue weighted by molar-refractivity contribution is 0.248. The van der Waals surface area contributed by atoms with Crippen LogP contribution in [0, 0.1) is 11.7 Å². The van der Waals surface area contributed by atoms with Crippen LogP contribution in [-0.2, 0) is 10.0 Å². The summed E-state index contributed by atoms with van der Waals surface area (Å²) >= 11 is 0. The van der Waals surface area contributed by atoms with Crippen LogP contribution >= 0.6 is 0 Å². The first kappa shape index (κ1) is 18.9. The van der Waals surface area contributed by atoms with Crippen molar-refractivity contribution >= 4 is 26.7 Å². The van der Waals surface area contributed by atoms with E-state index in [1.807, 2.05) is 25.4 Å². The van der Waals surface area contributed by atoms with Crippen molar-refractivity contribution in [3.63, 3.8) is 0 Å². The second-order valence-corrected chi connectivity index (χ2v) is 9.27. The van der Waals surface area contributed by atoms with Crippen molar-refractivity contribution in [1.29, 1.82) is 0 Å². The van der Waals surface area contributed by atoms with Gasteiger partial charge in [0.05, 0.1) is 4.90 Å². The van der Waals surface area contributed by atoms with E-state index in [4.69, 9.17) is 0 Å². The Labute approximate surface area is 164 Å². The van der Waals surface area contributed by atoms with Gasteiger partial charge < -0.3 is 9.88 Å². The molecule has 1 fully saturated rings. The summed E-state index contributed by atoms with van der Waals surface area (Å²) in [6.45, 7) is 2.99. The normalized spacial score (nSPS) is 21.1. The van der Waals surface area contributed by atoms with Crippen molar-refractivity contribution in [1.82, 2.24) is 14.3 Å². The number of aromatic nitrogens is 2. The maximum atomic E-state index is 13.2. The molecule has 0 saturated carbocycles. The van der Waals surface area contributed by atoms with E-state index in [0.717, 1.165) is 23.1 Å². The monoisotopic (exact) mass is 402 g/mol. The van der Waals surface area contributed by atoms with E-state index in [9.17, 15) is 12.8 Å². The van der Waals surface area contributed by atoms with Crippen LogP contribution in [-0.4, -0.2) is 48.9 Å². The average Bonchev–Trinajstić information content (AvgIpc) is 3.17. The minimum Gasteiger partial charge on any atom is -0.369 e. The van der Waals surface area contributed by atoms with Crippen LogP contribution in [0.3, 0.4) is 0 Å². The number of sulfonamides is 1. The molecule has 0 bridgehead atoms. The smallest absolute Gasteiger partial charge is 0.243 e. The van der Waals surface area contributed by atoms with Gasteiger partial charge in [0.15, 0.2) is 0 Å². The van der Waals surface area contributed by atoms with E-state index in [1.165, 1.54) is 28.6 Å². The van der Waals surface area contributed by atoms with Crippen LogP contribution in [0.2, 0.25) is 0 Å². The van der Waals surface area contributed by atoms with Crippen LogP contribution in [0.1, 0.15) is 13.3 Å². The SMILES string of the molecule is C[C@@H]1CCN(S(=O)(=O)c2ccc(F)cc2)CC1N(C)c1ccnc2[nH]ccc12. The number of piperidine rings is 1. The summed E-state index contributed by atoms with van der Waals surface area (Å²) in [5, 5.41) is 1.01. The van der Waals surface area contributed by atoms with Crippen LogP contribution in [0.25, 0.3) is 11.0 Å². The molecule has 0 aliphatic carbocycles. The summed E-state index contributed by atoms with van der Waals surface area (Å²) in [4.78, 5) is 9.72. The number of nitrogens with zero attached hydrogens (tertiary/aromatic N) is 3. The molecule has 0 spiro atoms. The summed E-state index contributed by atoms with van der Waals surface area (Å²) in [6, 6.07) is 8.97. The number of nitrogens with one attached hydrogen (secondary N) is 1. The molecule has 1 aliphatic rings. The Hall–Kier alpha value is -2.45. The molecule has 3 aromatic rings. The molecule has 0 amide bonds. The van der Waals surface area contributed by atoms with Crippen molar-refractivity contribution in [3.05, 3.63) is 54.6 Å². The standard InChI is InChI=1S/C20H23FN4O2S/c1-14-9-12-25(28(26,27)16-5-3-15(21)4-6-16)13-19(14)24(2)18-8-11-23-20-17(18)7-10-22-20/h3-8,10-11,14,19H,9,12-13H2,1-2H3,(H,22,23)/t14-,19?/m1/s1. The summed E-state index contributed by atoms with van der Waals surface area (Å²) in [5.74, 6) is -0.121. The lowest BCUT2D eigenvalue weighted by Gasteiger charge is -2.42. The summed E-state index contributed by atoms with van der Waals surface area (Å²) in [7, 11) is -1.66. The van der Waals surface area contributed by atoms with Gasteiger partial charge in [0, 0.05) is 49.6 Å². The Morgan fingerprint density at radius 3 is 2.71 bits per heavy atom. The van der Waals surface area contributed by atoms with Crippen LogP contribution in [0.15, 0.2) is 53.7 Å². The summed E-state index contributed by atoms with van der Waals surface area (Å²) < 4.78 is 40.8. The Bertz CT molecular complexity index is 1080. The number of anilines is 1. The number of fused-ring (bicyclic) bond motifs is 1. The number of rotatable bonds is 4. The number of pyridine rings is 1. The van der Waals surface area contributed by atoms with Crippen LogP contribution < -0.4 is 4.90 Å². The zero-order valence-corrected chi connectivity index (χ0v) is 16.7. The molecule has 8 heteroatoms. The molecule has 2 aromatic heterocycles. The minimum absolute atomic E-state index is 0.0180. The van der Waals surface area contributed by atoms with E-state index in [0.29, 0.717) is 19.0 Å². The van der Waals surface area contributed by atoms with E-state index in [2.05, 4.69) is 21.8 Å². The largest absolute Gasteiger partial charge is 0.369 e. The van der Waals surface area contributed by atoms with Gasteiger partial charge in [0.1, 0.15) is 11.5 Å². The average molecular weight is 402 g/mol. The Kier molecular flexibility index (Phi) is 4.84. The molecule has 1 unspecified atom stereocenters. The van der Waals surface area contributed by atoms with Crippen molar-refractivity contribution in [2.45, 2.75) is 24.3 Å². The maximum absolute atomic E-state index is 13.2. The predicted octanol–water partition coefficient (Wildman–Crippen LogP) is 3.24. The molecule has 1 N–H and O–H groups in total. The first-order chi connectivity index (χ1) is 13.4. The molecular formula is C20H23FN4O2S. The third-order valence-electron chi connectivity index (χ3n) is 5.65. The highest BCUT2D eigenvalue weighted by Gasteiger charge is 2.36. The molecule has 1 saturated heterocycles. The second kappa shape index (κ2) is 7.18. The zero-order valence-electron chi connectivity index (χ0n) is 15.8. The van der Waals surface area contributed by atoms with E-state index < -0.39 is 15.8 Å². The molecule has 1 aromatic carbocycles. The van der Waals surface area contributed by atoms with Gasteiger partial charge in [-0.05, 0) is 48.7 Å². The van der Waals surface area contributed by atoms with Gasteiger partial charge in [-0.1, -0.05) is 6.92 Å². The van der Waals surface area contributed by atoms with Crippen molar-refractivity contribution in [2.24, 2.45) is 5.92 Å². The van der Waals surface area contributed by atoms with E-state index >= 15 is 0 Å². The summed E-state index contributed by atoms with van der Waals surface area (Å²) in [5.41, 5.74) is 1.83. The quantitative estimate of drug-likeness (QED) is 0.727. The van der Waals surface area contributed by atoms with Gasteiger partial charge in [-0.15, -0.1) is 0 Å². The lowest BCUT2D eigenvalue weighted by Crippen LogP contribution is -2.52. The Morgan fingerprint density at radius 2 is 1.96 bits per heavy atom. The Balaban J connectivity index is 1.63. The fourth-order valence-electron chi connectivity index (χ4n) is 3.93. The molecule has 28 heavy (non-hydrogen) atoms. The van der Waals surface area contributed by atoms with Gasteiger partial charge in [0.2, 0.25) is 10.0 Å². The molecule has 1 aliphatic heterocycles. The van der Waals surface area contributed by atoms with Gasteiger partial charge in [-0.3, -0.25) is 0 Å². The number of aromatic amines is 1. The van der Waals surface area contributed by atoms with Gasteiger partial charge in [-0.2, -0.15) is 4.31 Å². The number of likely N-dealkylation sites (N-methyl/N-ethyl adjacent to an activating group) is 1. The highest BCUT2D eigenvalue weighted by Crippen LogP contribution is 2.32. The molecule has 6 nitrogen and oxygen atoms in total. The fraction of sp³-hybridized carbons (Fsp3) is 0.350. The molecule has 3 heterocycles. The Morgan fingerprint density at radius 1 is 1.21 bits per heavy atom. The number of hydrogen-bond acceptors (Lipinski definition) is 4. The molecule has 4 rings (SSSR count). The van der Waals surface area contributed by atoms with Crippen LogP contribution in [0.4, 0.5) is 10.1 Å². The highest BCUT2D eigenvalue weighted by atomic mass is 32.2. The van der Waals surface area contributed by atoms with Gasteiger partial charge >= 0.3 is 0 Å². The van der Waals surface area contributed by atoms with Gasteiger partial charge in [0.25, 0.3) is 0 Å². The minimum atomic E-state index is -3.66. The third-order valence-corrected chi connectivity index (χ3v) is 7.53. The fourth-order valence-corrected chi connectivity index (χ4v) is 5.40. The van der Waals surface area contributed by atoms with Gasteiger partial charge in [-0.25, -0.2) is 17.8 Å². The maximum Gasteiger partial charge on any atom is 0.243 e. The first-order valence-electron chi connectivity index (χ1n) is 9.28. The zero-order chi connectivity index (χ0) is 19.9. The number of halogens is 1. The molecule has 2 atom stereocenters. The first-order valence-corrected chi connectivity index (χ1v) is 10.7. The molecular weight excluding hydrogens is 379 g/mol. The predicted molar refractivity (Wildman–Crippen MR) is 107 cm³/mol. The number of hydrogen-bond donors (Lipinski definition) is 1. The number of H-pyrrole nitrogens is 1. The van der Waals surface area contributed by atoms with E-state index in [-0.39, 0.29) is 10.9 Å². The summed E-state index contributed by atoms with van der Waals surface area (Å²) in [6.07, 6.45) is 4.37. The second-order valence-electron chi connectivity index (χ2n) is 7.33. The van der Waals surface area contributed by atoms with E-state index in [1.54, 1.807) is 6.20 Å². The number of benzene rings is 1. The van der Waals surface area contributed by atoms with Crippen molar-refractivity contribution in [3.8, 4) is 0 Å². The van der Waals surface area contributed by atoms with Crippen molar-refractivity contribution < 1.29 is 12.8 Å². The third kappa shape index (κ3) is 3.27. The topological polar surface area (TPSA) is 69.3 Å². The lowest BCUT2D eigenvalue weighted by atomic mass is 9.93.